The normalized spacial score (nSPS) is 10.8. The summed E-state index contributed by atoms with van der Waals surface area (Å²) in [6.45, 7) is 5.09. The van der Waals surface area contributed by atoms with Gasteiger partial charge in [0.1, 0.15) is 0 Å². The first-order chi connectivity index (χ1) is 9.29. The van der Waals surface area contributed by atoms with Crippen LogP contribution in [0.2, 0.25) is 0 Å². The summed E-state index contributed by atoms with van der Waals surface area (Å²) in [5.74, 6) is 0.258. The molecule has 0 saturated carbocycles. The van der Waals surface area contributed by atoms with Gasteiger partial charge in [0.2, 0.25) is 0 Å². The predicted molar refractivity (Wildman–Crippen MR) is 74.3 cm³/mol. The van der Waals surface area contributed by atoms with Gasteiger partial charge in [-0.2, -0.15) is 0 Å². The first-order valence-corrected chi connectivity index (χ1v) is 6.22. The fourth-order valence-corrected chi connectivity index (χ4v) is 1.39. The molecule has 1 rings (SSSR count). The zero-order chi connectivity index (χ0) is 15.3. The van der Waals surface area contributed by atoms with Gasteiger partial charge in [0.15, 0.2) is 23.9 Å². The first-order valence-electron chi connectivity index (χ1n) is 6.22. The Labute approximate surface area is 118 Å². The Kier molecular flexibility index (Phi) is 5.13. The molecule has 0 heterocycles. The Morgan fingerprint density at radius 1 is 1.05 bits per heavy atom. The maximum absolute atomic E-state index is 11.9. The van der Waals surface area contributed by atoms with Gasteiger partial charge in [0.05, 0.1) is 19.8 Å². The van der Waals surface area contributed by atoms with E-state index in [0.717, 1.165) is 0 Å². The second-order valence-electron chi connectivity index (χ2n) is 5.32. The van der Waals surface area contributed by atoms with Gasteiger partial charge in [0, 0.05) is 5.41 Å². The molecule has 1 aromatic carbocycles. The van der Waals surface area contributed by atoms with E-state index in [1.54, 1.807) is 32.9 Å². The van der Waals surface area contributed by atoms with Gasteiger partial charge < -0.3 is 14.2 Å². The number of ether oxygens (including phenoxy) is 3. The average molecular weight is 280 g/mol. The summed E-state index contributed by atoms with van der Waals surface area (Å²) in [6.07, 6.45) is 0. The molecule has 0 aliphatic heterocycles. The lowest BCUT2D eigenvalue weighted by atomic mass is 9.91. The first kappa shape index (κ1) is 16.0. The quantitative estimate of drug-likeness (QED) is 0.775. The Balaban J connectivity index is 2.76. The fraction of sp³-hybridized carbons (Fsp3) is 0.467. The second kappa shape index (κ2) is 6.41. The predicted octanol–water partition coefficient (Wildman–Crippen LogP) is 2.48. The molecule has 0 aromatic heterocycles. The molecule has 0 bridgehead atoms. The molecule has 0 unspecified atom stereocenters. The van der Waals surface area contributed by atoms with Crippen molar-refractivity contribution in [2.45, 2.75) is 20.8 Å². The minimum absolute atomic E-state index is 0.133. The van der Waals surface area contributed by atoms with Crippen LogP contribution < -0.4 is 9.47 Å². The number of benzene rings is 1. The molecule has 0 aliphatic carbocycles. The van der Waals surface area contributed by atoms with Crippen LogP contribution in [-0.4, -0.2) is 32.6 Å². The topological polar surface area (TPSA) is 61.8 Å². The lowest BCUT2D eigenvalue weighted by Gasteiger charge is -2.16. The molecule has 110 valence electrons. The minimum Gasteiger partial charge on any atom is -0.493 e. The smallest absolute Gasteiger partial charge is 0.338 e. The van der Waals surface area contributed by atoms with Crippen molar-refractivity contribution in [2.75, 3.05) is 20.8 Å². The molecule has 0 atom stereocenters. The lowest BCUT2D eigenvalue weighted by Crippen LogP contribution is -2.26. The van der Waals surface area contributed by atoms with E-state index in [2.05, 4.69) is 0 Å². The van der Waals surface area contributed by atoms with Crippen LogP contribution >= 0.6 is 0 Å². The van der Waals surface area contributed by atoms with Crippen molar-refractivity contribution < 1.29 is 23.8 Å². The summed E-state index contributed by atoms with van der Waals surface area (Å²) in [6, 6.07) is 4.69. The van der Waals surface area contributed by atoms with E-state index >= 15 is 0 Å². The largest absolute Gasteiger partial charge is 0.493 e. The maximum Gasteiger partial charge on any atom is 0.338 e. The minimum atomic E-state index is -0.566. The molecule has 0 aliphatic rings. The Morgan fingerprint density at radius 3 is 2.15 bits per heavy atom. The summed E-state index contributed by atoms with van der Waals surface area (Å²) in [5, 5.41) is 0. The van der Waals surface area contributed by atoms with Gasteiger partial charge >= 0.3 is 5.97 Å². The van der Waals surface area contributed by atoms with Crippen molar-refractivity contribution in [3.63, 3.8) is 0 Å². The highest BCUT2D eigenvalue weighted by Gasteiger charge is 2.23. The second-order valence-corrected chi connectivity index (χ2v) is 5.32. The number of methoxy groups -OCH3 is 2. The van der Waals surface area contributed by atoms with Crippen LogP contribution in [0, 0.1) is 5.41 Å². The molecule has 0 amide bonds. The highest BCUT2D eigenvalue weighted by molar-refractivity contribution is 5.93. The number of esters is 1. The van der Waals surface area contributed by atoms with Crippen molar-refractivity contribution >= 4 is 11.8 Å². The van der Waals surface area contributed by atoms with Crippen LogP contribution in [-0.2, 0) is 9.53 Å². The highest BCUT2D eigenvalue weighted by atomic mass is 16.5. The summed E-state index contributed by atoms with van der Waals surface area (Å²) < 4.78 is 15.2. The van der Waals surface area contributed by atoms with E-state index < -0.39 is 11.4 Å². The summed E-state index contributed by atoms with van der Waals surface area (Å²) in [7, 11) is 2.99. The van der Waals surface area contributed by atoms with E-state index in [0.29, 0.717) is 17.1 Å². The van der Waals surface area contributed by atoms with Gasteiger partial charge in [-0.15, -0.1) is 0 Å². The zero-order valence-electron chi connectivity index (χ0n) is 12.5. The van der Waals surface area contributed by atoms with Crippen LogP contribution in [0.5, 0.6) is 11.5 Å². The molecular weight excluding hydrogens is 260 g/mol. The molecule has 5 nitrogen and oxygen atoms in total. The summed E-state index contributed by atoms with van der Waals surface area (Å²) in [4.78, 5) is 23.6. The SMILES string of the molecule is COc1ccc(C(=O)OCC(=O)C(C)(C)C)cc1OC. The molecule has 1 aromatic rings. The van der Waals surface area contributed by atoms with Gasteiger partial charge in [-0.1, -0.05) is 20.8 Å². The summed E-state index contributed by atoms with van der Waals surface area (Å²) >= 11 is 0. The van der Waals surface area contributed by atoms with Crippen LogP contribution in [0.4, 0.5) is 0 Å². The molecule has 0 fully saturated rings. The molecule has 20 heavy (non-hydrogen) atoms. The number of carbonyl (C=O) groups excluding carboxylic acids is 2. The number of rotatable bonds is 5. The lowest BCUT2D eigenvalue weighted by molar-refractivity contribution is -0.129. The molecule has 0 spiro atoms. The van der Waals surface area contributed by atoms with E-state index in [4.69, 9.17) is 14.2 Å². The van der Waals surface area contributed by atoms with Gasteiger partial charge in [0.25, 0.3) is 0 Å². The number of carbonyl (C=O) groups is 2. The average Bonchev–Trinajstić information content (AvgIpc) is 2.42. The van der Waals surface area contributed by atoms with E-state index in [1.165, 1.54) is 20.3 Å². The van der Waals surface area contributed by atoms with Crippen LogP contribution in [0.1, 0.15) is 31.1 Å². The van der Waals surface area contributed by atoms with Crippen molar-refractivity contribution in [2.24, 2.45) is 5.41 Å². The van der Waals surface area contributed by atoms with Gasteiger partial charge in [-0.3, -0.25) is 4.79 Å². The van der Waals surface area contributed by atoms with Crippen LogP contribution in [0.3, 0.4) is 0 Å². The molecule has 5 heteroatoms. The Hall–Kier alpha value is -2.04. The van der Waals surface area contributed by atoms with Crippen molar-refractivity contribution in [3.8, 4) is 11.5 Å². The Morgan fingerprint density at radius 2 is 1.65 bits per heavy atom. The monoisotopic (exact) mass is 280 g/mol. The van der Waals surface area contributed by atoms with Crippen molar-refractivity contribution in [3.05, 3.63) is 23.8 Å². The van der Waals surface area contributed by atoms with Gasteiger partial charge in [-0.25, -0.2) is 4.79 Å². The number of hydrogen-bond donors (Lipinski definition) is 0. The molecule has 0 N–H and O–H groups in total. The number of Topliss-reactive ketones (excluding diaryl/α,β-unsaturated/α-hetero) is 1. The van der Waals surface area contributed by atoms with Crippen molar-refractivity contribution in [1.82, 2.24) is 0 Å². The van der Waals surface area contributed by atoms with Crippen LogP contribution in [0.25, 0.3) is 0 Å². The van der Waals surface area contributed by atoms with E-state index in [1.807, 2.05) is 0 Å². The highest BCUT2D eigenvalue weighted by Crippen LogP contribution is 2.27. The van der Waals surface area contributed by atoms with Gasteiger partial charge in [-0.05, 0) is 18.2 Å². The molecular formula is C15H20O5. The zero-order valence-corrected chi connectivity index (χ0v) is 12.5. The molecule has 0 radical (unpaired) electrons. The number of ketones is 1. The Bertz CT molecular complexity index is 499. The fourth-order valence-electron chi connectivity index (χ4n) is 1.39. The third kappa shape index (κ3) is 3.98. The standard InChI is InChI=1S/C15H20O5/c1-15(2,3)13(16)9-20-14(17)10-6-7-11(18-4)12(8-10)19-5/h6-8H,9H2,1-5H3. The number of hydrogen-bond acceptors (Lipinski definition) is 5. The third-order valence-electron chi connectivity index (χ3n) is 2.79. The van der Waals surface area contributed by atoms with Crippen LogP contribution in [0.15, 0.2) is 18.2 Å². The summed E-state index contributed by atoms with van der Waals surface area (Å²) in [5.41, 5.74) is -0.220. The van der Waals surface area contributed by atoms with Crippen molar-refractivity contribution in [1.29, 1.82) is 0 Å². The third-order valence-corrected chi connectivity index (χ3v) is 2.79. The maximum atomic E-state index is 11.9. The van der Waals surface area contributed by atoms with E-state index in [-0.39, 0.29) is 12.4 Å². The van der Waals surface area contributed by atoms with E-state index in [9.17, 15) is 9.59 Å². The molecule has 0 saturated heterocycles.